The van der Waals surface area contributed by atoms with E-state index in [0.717, 1.165) is 26.0 Å². The Morgan fingerprint density at radius 3 is 2.42 bits per heavy atom. The molecule has 0 saturated heterocycles. The number of aliphatic hydroxyl groups is 1. The Labute approximate surface area is 118 Å². The average molecular weight is 275 g/mol. The predicted molar refractivity (Wildman–Crippen MR) is 79.5 cm³/mol. The van der Waals surface area contributed by atoms with Crippen molar-refractivity contribution >= 4 is 0 Å². The fourth-order valence-corrected chi connectivity index (χ4v) is 1.94. The van der Waals surface area contributed by atoms with Crippen LogP contribution in [0.2, 0.25) is 0 Å². The van der Waals surface area contributed by atoms with Crippen LogP contribution in [-0.4, -0.2) is 49.7 Å². The van der Waals surface area contributed by atoms with Crippen molar-refractivity contribution in [2.24, 2.45) is 5.92 Å². The minimum absolute atomic E-state index is 0.115. The van der Waals surface area contributed by atoms with Gasteiger partial charge in [0.25, 0.3) is 0 Å². The number of hydrogen-bond donors (Lipinski definition) is 2. The quantitative estimate of drug-likeness (QED) is 0.536. The molecule has 0 aromatic heterocycles. The Kier molecular flexibility index (Phi) is 10.5. The Hall–Kier alpha value is -0.160. The van der Waals surface area contributed by atoms with Gasteiger partial charge in [-0.3, -0.25) is 0 Å². The van der Waals surface area contributed by atoms with Gasteiger partial charge in [-0.15, -0.1) is 0 Å². The summed E-state index contributed by atoms with van der Waals surface area (Å²) in [5, 5.41) is 12.9. The topological polar surface area (TPSA) is 50.7 Å². The van der Waals surface area contributed by atoms with Gasteiger partial charge in [-0.25, -0.2) is 0 Å². The average Bonchev–Trinajstić information content (AvgIpc) is 2.35. The van der Waals surface area contributed by atoms with E-state index in [0.29, 0.717) is 19.1 Å². The molecule has 2 unspecified atom stereocenters. The summed E-state index contributed by atoms with van der Waals surface area (Å²) in [6, 6.07) is 0. The lowest BCUT2D eigenvalue weighted by Crippen LogP contribution is -2.48. The van der Waals surface area contributed by atoms with Crippen LogP contribution < -0.4 is 5.32 Å². The second-order valence-corrected chi connectivity index (χ2v) is 6.00. The van der Waals surface area contributed by atoms with Crippen molar-refractivity contribution in [3.63, 3.8) is 0 Å². The molecule has 0 aromatic rings. The van der Waals surface area contributed by atoms with Crippen LogP contribution in [0.3, 0.4) is 0 Å². The van der Waals surface area contributed by atoms with E-state index >= 15 is 0 Å². The minimum atomic E-state index is -0.256. The molecule has 116 valence electrons. The van der Waals surface area contributed by atoms with Crippen LogP contribution in [0.5, 0.6) is 0 Å². The molecule has 4 heteroatoms. The van der Waals surface area contributed by atoms with Gasteiger partial charge < -0.3 is 19.9 Å². The molecular formula is C15H33NO3. The lowest BCUT2D eigenvalue weighted by molar-refractivity contribution is -0.0111. The molecule has 0 amide bonds. The summed E-state index contributed by atoms with van der Waals surface area (Å²) in [6.07, 6.45) is 1.98. The summed E-state index contributed by atoms with van der Waals surface area (Å²) in [6.45, 7) is 13.6. The van der Waals surface area contributed by atoms with E-state index in [4.69, 9.17) is 9.47 Å². The van der Waals surface area contributed by atoms with Gasteiger partial charge in [-0.2, -0.15) is 0 Å². The highest BCUT2D eigenvalue weighted by Crippen LogP contribution is 2.14. The number of nitrogens with one attached hydrogen (secondary N) is 1. The van der Waals surface area contributed by atoms with Crippen LogP contribution in [0.15, 0.2) is 0 Å². The summed E-state index contributed by atoms with van der Waals surface area (Å²) in [7, 11) is 0. The van der Waals surface area contributed by atoms with E-state index in [2.05, 4.69) is 26.1 Å². The number of rotatable bonds is 12. The molecule has 2 atom stereocenters. The molecule has 19 heavy (non-hydrogen) atoms. The molecule has 0 aliphatic heterocycles. The van der Waals surface area contributed by atoms with Crippen LogP contribution in [0.25, 0.3) is 0 Å². The monoisotopic (exact) mass is 275 g/mol. The Morgan fingerprint density at radius 2 is 1.89 bits per heavy atom. The Balaban J connectivity index is 3.78. The van der Waals surface area contributed by atoms with E-state index in [-0.39, 0.29) is 18.2 Å². The van der Waals surface area contributed by atoms with Gasteiger partial charge in [0, 0.05) is 12.1 Å². The van der Waals surface area contributed by atoms with Crippen molar-refractivity contribution in [3.8, 4) is 0 Å². The van der Waals surface area contributed by atoms with Crippen LogP contribution in [-0.2, 0) is 9.47 Å². The van der Waals surface area contributed by atoms with Crippen molar-refractivity contribution in [1.29, 1.82) is 0 Å². The fourth-order valence-electron chi connectivity index (χ4n) is 1.94. The molecule has 0 rings (SSSR count). The number of hydrogen-bond acceptors (Lipinski definition) is 4. The van der Waals surface area contributed by atoms with Crippen molar-refractivity contribution in [1.82, 2.24) is 5.32 Å². The molecule has 2 N–H and O–H groups in total. The van der Waals surface area contributed by atoms with Crippen LogP contribution >= 0.6 is 0 Å². The minimum Gasteiger partial charge on any atom is -0.394 e. The third kappa shape index (κ3) is 10.3. The Morgan fingerprint density at radius 1 is 1.21 bits per heavy atom. The largest absolute Gasteiger partial charge is 0.394 e. The van der Waals surface area contributed by atoms with E-state index in [9.17, 15) is 5.11 Å². The highest BCUT2D eigenvalue weighted by atomic mass is 16.5. The first kappa shape index (κ1) is 18.8. The SMILES string of the molecule is CCCNC(C)(CO)CC(C)OCCOCC(C)C. The molecule has 4 nitrogen and oxygen atoms in total. The van der Waals surface area contributed by atoms with Gasteiger partial charge in [0.2, 0.25) is 0 Å². The molecule has 0 aliphatic carbocycles. The van der Waals surface area contributed by atoms with Crippen LogP contribution in [0.1, 0.15) is 47.5 Å². The zero-order chi connectivity index (χ0) is 14.7. The first-order chi connectivity index (χ1) is 8.93. The molecule has 0 spiro atoms. The van der Waals surface area contributed by atoms with Gasteiger partial charge >= 0.3 is 0 Å². The van der Waals surface area contributed by atoms with Gasteiger partial charge in [0.1, 0.15) is 0 Å². The smallest absolute Gasteiger partial charge is 0.0704 e. The van der Waals surface area contributed by atoms with E-state index in [1.807, 2.05) is 13.8 Å². The second kappa shape index (κ2) is 10.6. The maximum absolute atomic E-state index is 9.49. The van der Waals surface area contributed by atoms with Crippen molar-refractivity contribution in [3.05, 3.63) is 0 Å². The second-order valence-electron chi connectivity index (χ2n) is 6.00. The summed E-state index contributed by atoms with van der Waals surface area (Å²) in [4.78, 5) is 0. The molecule has 0 radical (unpaired) electrons. The highest BCUT2D eigenvalue weighted by molar-refractivity contribution is 4.84. The van der Waals surface area contributed by atoms with Crippen molar-refractivity contribution in [2.45, 2.75) is 59.1 Å². The van der Waals surface area contributed by atoms with Gasteiger partial charge in [0.15, 0.2) is 0 Å². The summed E-state index contributed by atoms with van der Waals surface area (Å²) in [5.74, 6) is 0.563. The van der Waals surface area contributed by atoms with E-state index < -0.39 is 0 Å². The van der Waals surface area contributed by atoms with Gasteiger partial charge in [-0.1, -0.05) is 20.8 Å². The zero-order valence-electron chi connectivity index (χ0n) is 13.4. The molecule has 0 saturated carbocycles. The molecule has 0 aliphatic rings. The maximum atomic E-state index is 9.49. The Bertz CT molecular complexity index is 212. The van der Waals surface area contributed by atoms with E-state index in [1.54, 1.807) is 0 Å². The molecule has 0 aromatic carbocycles. The number of ether oxygens (including phenoxy) is 2. The summed E-state index contributed by atoms with van der Waals surface area (Å²) in [5.41, 5.74) is -0.256. The lowest BCUT2D eigenvalue weighted by atomic mass is 9.95. The molecule has 0 bridgehead atoms. The van der Waals surface area contributed by atoms with Crippen molar-refractivity contribution in [2.75, 3.05) is 33.0 Å². The molecule has 0 fully saturated rings. The van der Waals surface area contributed by atoms with E-state index in [1.165, 1.54) is 0 Å². The zero-order valence-corrected chi connectivity index (χ0v) is 13.4. The molecular weight excluding hydrogens is 242 g/mol. The first-order valence-electron chi connectivity index (χ1n) is 7.48. The third-order valence-corrected chi connectivity index (χ3v) is 2.97. The van der Waals surface area contributed by atoms with Crippen molar-refractivity contribution < 1.29 is 14.6 Å². The number of aliphatic hydroxyl groups excluding tert-OH is 1. The fraction of sp³-hybridized carbons (Fsp3) is 1.00. The van der Waals surface area contributed by atoms with Crippen LogP contribution in [0.4, 0.5) is 0 Å². The first-order valence-corrected chi connectivity index (χ1v) is 7.48. The normalized spacial score (nSPS) is 16.6. The maximum Gasteiger partial charge on any atom is 0.0704 e. The third-order valence-electron chi connectivity index (χ3n) is 2.97. The van der Waals surface area contributed by atoms with Gasteiger partial charge in [-0.05, 0) is 39.2 Å². The summed E-state index contributed by atoms with van der Waals surface area (Å²) < 4.78 is 11.2. The lowest BCUT2D eigenvalue weighted by Gasteiger charge is -2.31. The van der Waals surface area contributed by atoms with Crippen LogP contribution in [0, 0.1) is 5.92 Å². The van der Waals surface area contributed by atoms with Gasteiger partial charge in [0.05, 0.1) is 25.9 Å². The summed E-state index contributed by atoms with van der Waals surface area (Å²) >= 11 is 0. The predicted octanol–water partition coefficient (Wildman–Crippen LogP) is 2.20. The standard InChI is InChI=1S/C15H33NO3/c1-6-7-16-15(5,12-17)10-14(4)19-9-8-18-11-13(2)3/h13-14,16-17H,6-12H2,1-5H3. The highest BCUT2D eigenvalue weighted by Gasteiger charge is 2.25. The molecule has 0 heterocycles.